The van der Waals surface area contributed by atoms with Crippen molar-refractivity contribution in [1.29, 1.82) is 0 Å². The summed E-state index contributed by atoms with van der Waals surface area (Å²) in [5.74, 6) is 0.00200. The molecule has 0 atom stereocenters. The highest BCUT2D eigenvalue weighted by Crippen LogP contribution is 1.87. The predicted octanol–water partition coefficient (Wildman–Crippen LogP) is 0.952. The molecular formula is C15H32N2O4. The molecule has 0 heterocycles. The number of ether oxygens (including phenoxy) is 3. The lowest BCUT2D eigenvalue weighted by Crippen LogP contribution is -2.28. The van der Waals surface area contributed by atoms with Gasteiger partial charge in [-0.25, -0.2) is 0 Å². The van der Waals surface area contributed by atoms with Gasteiger partial charge in [0, 0.05) is 26.1 Å². The van der Waals surface area contributed by atoms with E-state index in [9.17, 15) is 4.79 Å². The molecule has 0 aromatic carbocycles. The third kappa shape index (κ3) is 17.3. The van der Waals surface area contributed by atoms with Crippen molar-refractivity contribution in [2.24, 2.45) is 0 Å². The van der Waals surface area contributed by atoms with Crippen LogP contribution in [0.4, 0.5) is 0 Å². The summed E-state index contributed by atoms with van der Waals surface area (Å²) in [4.78, 5) is 11.5. The quantitative estimate of drug-likeness (QED) is 0.416. The molecule has 0 radical (unpaired) electrons. The van der Waals surface area contributed by atoms with Crippen molar-refractivity contribution < 1.29 is 19.0 Å². The van der Waals surface area contributed by atoms with Crippen LogP contribution in [-0.4, -0.2) is 65.2 Å². The summed E-state index contributed by atoms with van der Waals surface area (Å²) in [6.07, 6.45) is 2.58. The van der Waals surface area contributed by atoms with Gasteiger partial charge in [-0.3, -0.25) is 4.79 Å². The van der Waals surface area contributed by atoms with Gasteiger partial charge in [-0.1, -0.05) is 20.3 Å². The SMILES string of the molecule is CCCCOCCNC(=O)CCOCCOCCNCC. The van der Waals surface area contributed by atoms with Crippen molar-refractivity contribution in [3.05, 3.63) is 0 Å². The lowest BCUT2D eigenvalue weighted by atomic mass is 10.4. The zero-order chi connectivity index (χ0) is 15.6. The third-order valence-electron chi connectivity index (χ3n) is 2.73. The van der Waals surface area contributed by atoms with Gasteiger partial charge in [-0.2, -0.15) is 0 Å². The smallest absolute Gasteiger partial charge is 0.222 e. The number of nitrogens with one attached hydrogen (secondary N) is 2. The fourth-order valence-corrected chi connectivity index (χ4v) is 1.51. The van der Waals surface area contributed by atoms with E-state index in [-0.39, 0.29) is 5.91 Å². The summed E-state index contributed by atoms with van der Waals surface area (Å²) >= 11 is 0. The topological polar surface area (TPSA) is 68.8 Å². The minimum atomic E-state index is 0.00200. The molecule has 0 bridgehead atoms. The molecule has 0 saturated carbocycles. The zero-order valence-electron chi connectivity index (χ0n) is 13.6. The van der Waals surface area contributed by atoms with Gasteiger partial charge in [-0.15, -0.1) is 0 Å². The second kappa shape index (κ2) is 17.4. The molecule has 0 spiro atoms. The number of likely N-dealkylation sites (N-methyl/N-ethyl adjacent to an activating group) is 1. The van der Waals surface area contributed by atoms with Gasteiger partial charge >= 0.3 is 0 Å². The van der Waals surface area contributed by atoms with Crippen LogP contribution in [-0.2, 0) is 19.0 Å². The van der Waals surface area contributed by atoms with Crippen LogP contribution in [0.25, 0.3) is 0 Å². The van der Waals surface area contributed by atoms with E-state index in [2.05, 4.69) is 24.5 Å². The van der Waals surface area contributed by atoms with E-state index in [1.807, 2.05) is 0 Å². The van der Waals surface area contributed by atoms with Gasteiger partial charge in [0.2, 0.25) is 5.91 Å². The van der Waals surface area contributed by atoms with Crippen molar-refractivity contribution in [3.63, 3.8) is 0 Å². The molecule has 0 aliphatic carbocycles. The monoisotopic (exact) mass is 304 g/mol. The average molecular weight is 304 g/mol. The number of rotatable bonds is 16. The Morgan fingerprint density at radius 2 is 1.52 bits per heavy atom. The van der Waals surface area contributed by atoms with Gasteiger partial charge in [0.15, 0.2) is 0 Å². The number of unbranched alkanes of at least 4 members (excludes halogenated alkanes) is 1. The largest absolute Gasteiger partial charge is 0.380 e. The Hall–Kier alpha value is -0.690. The first-order chi connectivity index (χ1) is 10.3. The van der Waals surface area contributed by atoms with Crippen LogP contribution in [0, 0.1) is 0 Å². The van der Waals surface area contributed by atoms with Crippen molar-refractivity contribution in [3.8, 4) is 0 Å². The third-order valence-corrected chi connectivity index (χ3v) is 2.73. The number of hydrogen-bond acceptors (Lipinski definition) is 5. The van der Waals surface area contributed by atoms with Crippen LogP contribution in [0.3, 0.4) is 0 Å². The summed E-state index contributed by atoms with van der Waals surface area (Å²) in [5, 5.41) is 5.97. The molecule has 6 heteroatoms. The maximum Gasteiger partial charge on any atom is 0.222 e. The van der Waals surface area contributed by atoms with E-state index in [0.29, 0.717) is 46.0 Å². The first-order valence-corrected chi connectivity index (χ1v) is 8.01. The highest BCUT2D eigenvalue weighted by molar-refractivity contribution is 5.75. The Morgan fingerprint density at radius 3 is 2.24 bits per heavy atom. The fourth-order valence-electron chi connectivity index (χ4n) is 1.51. The molecule has 2 N–H and O–H groups in total. The number of hydrogen-bond donors (Lipinski definition) is 2. The summed E-state index contributed by atoms with van der Waals surface area (Å²) in [7, 11) is 0. The van der Waals surface area contributed by atoms with Crippen LogP contribution in [0.5, 0.6) is 0 Å². The molecule has 0 aliphatic heterocycles. The second-order valence-electron chi connectivity index (χ2n) is 4.64. The van der Waals surface area contributed by atoms with E-state index < -0.39 is 0 Å². The van der Waals surface area contributed by atoms with Crippen molar-refractivity contribution in [1.82, 2.24) is 10.6 Å². The molecule has 0 rings (SSSR count). The molecule has 6 nitrogen and oxygen atoms in total. The maximum absolute atomic E-state index is 11.5. The zero-order valence-corrected chi connectivity index (χ0v) is 13.6. The fraction of sp³-hybridized carbons (Fsp3) is 0.933. The van der Waals surface area contributed by atoms with E-state index in [0.717, 1.165) is 32.5 Å². The van der Waals surface area contributed by atoms with Crippen molar-refractivity contribution >= 4 is 5.91 Å². The number of carbonyl (C=O) groups excluding carboxylic acids is 1. The van der Waals surface area contributed by atoms with Crippen LogP contribution in [0.2, 0.25) is 0 Å². The minimum absolute atomic E-state index is 0.00200. The Morgan fingerprint density at radius 1 is 0.857 bits per heavy atom. The first-order valence-electron chi connectivity index (χ1n) is 8.01. The Labute approximate surface area is 128 Å². The maximum atomic E-state index is 11.5. The van der Waals surface area contributed by atoms with E-state index in [1.54, 1.807) is 0 Å². The van der Waals surface area contributed by atoms with Crippen LogP contribution in [0.15, 0.2) is 0 Å². The highest BCUT2D eigenvalue weighted by Gasteiger charge is 2.00. The van der Waals surface area contributed by atoms with E-state index in [4.69, 9.17) is 14.2 Å². The molecule has 0 fully saturated rings. The molecule has 0 aliphatic rings. The van der Waals surface area contributed by atoms with Gasteiger partial charge in [-0.05, 0) is 13.0 Å². The van der Waals surface area contributed by atoms with E-state index in [1.165, 1.54) is 0 Å². The summed E-state index contributed by atoms with van der Waals surface area (Å²) in [6, 6.07) is 0. The van der Waals surface area contributed by atoms with Crippen molar-refractivity contribution in [2.45, 2.75) is 33.1 Å². The minimum Gasteiger partial charge on any atom is -0.380 e. The predicted molar refractivity (Wildman–Crippen MR) is 83.5 cm³/mol. The van der Waals surface area contributed by atoms with Crippen LogP contribution in [0.1, 0.15) is 33.1 Å². The Bertz CT molecular complexity index is 228. The molecule has 21 heavy (non-hydrogen) atoms. The Balaban J connectivity index is 3.12. The lowest BCUT2D eigenvalue weighted by molar-refractivity contribution is -0.122. The number of carbonyl (C=O) groups is 1. The first kappa shape index (κ1) is 20.3. The molecular weight excluding hydrogens is 272 g/mol. The summed E-state index contributed by atoms with van der Waals surface area (Å²) in [5.41, 5.74) is 0. The number of amides is 1. The molecule has 0 aromatic rings. The van der Waals surface area contributed by atoms with Crippen LogP contribution >= 0.6 is 0 Å². The average Bonchev–Trinajstić information content (AvgIpc) is 2.49. The summed E-state index contributed by atoms with van der Waals surface area (Å²) in [6.45, 7) is 10.1. The highest BCUT2D eigenvalue weighted by atomic mass is 16.5. The van der Waals surface area contributed by atoms with Gasteiger partial charge < -0.3 is 24.8 Å². The molecule has 0 aromatic heterocycles. The normalized spacial score (nSPS) is 10.8. The van der Waals surface area contributed by atoms with Gasteiger partial charge in [0.05, 0.1) is 33.0 Å². The van der Waals surface area contributed by atoms with Gasteiger partial charge in [0.25, 0.3) is 0 Å². The van der Waals surface area contributed by atoms with E-state index >= 15 is 0 Å². The van der Waals surface area contributed by atoms with Gasteiger partial charge in [0.1, 0.15) is 0 Å². The second-order valence-corrected chi connectivity index (χ2v) is 4.64. The molecule has 126 valence electrons. The molecule has 1 amide bonds. The lowest BCUT2D eigenvalue weighted by Gasteiger charge is -2.07. The Kier molecular flexibility index (Phi) is 16.8. The standard InChI is InChI=1S/C15H32N2O4/c1-3-5-9-19-12-8-17-15(18)6-10-20-13-14-21-11-7-16-4-2/h16H,3-14H2,1-2H3,(H,17,18). The molecule has 0 saturated heterocycles. The van der Waals surface area contributed by atoms with Crippen LogP contribution < -0.4 is 10.6 Å². The van der Waals surface area contributed by atoms with Crippen molar-refractivity contribution in [2.75, 3.05) is 59.3 Å². The molecule has 0 unspecified atom stereocenters. The summed E-state index contributed by atoms with van der Waals surface area (Å²) < 4.78 is 16.0.